The van der Waals surface area contributed by atoms with Gasteiger partial charge in [0.2, 0.25) is 0 Å². The van der Waals surface area contributed by atoms with Crippen LogP contribution in [0.4, 0.5) is 17.1 Å². The lowest BCUT2D eigenvalue weighted by Crippen LogP contribution is -2.10. The first-order chi connectivity index (χ1) is 30.2. The Morgan fingerprint density at radius 3 is 1.57 bits per heavy atom. The first kappa shape index (κ1) is 34.9. The van der Waals surface area contributed by atoms with E-state index in [9.17, 15) is 0 Å². The second-order valence-electron chi connectivity index (χ2n) is 15.7. The molecule has 3 nitrogen and oxygen atoms in total. The van der Waals surface area contributed by atoms with Crippen LogP contribution in [-0.4, -0.2) is 4.57 Å². The first-order valence-electron chi connectivity index (χ1n) is 20.8. The summed E-state index contributed by atoms with van der Waals surface area (Å²) in [5.41, 5.74) is 15.7. The van der Waals surface area contributed by atoms with Gasteiger partial charge in [-0.2, -0.15) is 0 Å². The molecule has 61 heavy (non-hydrogen) atoms. The Hall–Kier alpha value is -8.14. The number of fused-ring (bicyclic) bond motifs is 7. The Balaban J connectivity index is 0.833. The lowest BCUT2D eigenvalue weighted by molar-refractivity contribution is 0.666. The maximum Gasteiger partial charge on any atom is 0.159 e. The van der Waals surface area contributed by atoms with Crippen LogP contribution in [-0.2, 0) is 0 Å². The molecule has 10 aromatic carbocycles. The molecule has 0 atom stereocenters. The second kappa shape index (κ2) is 14.3. The molecule has 0 aliphatic carbocycles. The number of benzene rings is 10. The summed E-state index contributed by atoms with van der Waals surface area (Å²) in [4.78, 5) is 2.35. The summed E-state index contributed by atoms with van der Waals surface area (Å²) in [6.45, 7) is 0. The van der Waals surface area contributed by atoms with E-state index >= 15 is 0 Å². The highest BCUT2D eigenvalue weighted by Gasteiger charge is 2.19. The van der Waals surface area contributed by atoms with Gasteiger partial charge in [-0.25, -0.2) is 0 Å². The van der Waals surface area contributed by atoms with Crippen LogP contribution in [0.15, 0.2) is 235 Å². The fourth-order valence-electron chi connectivity index (χ4n) is 9.24. The summed E-state index contributed by atoms with van der Waals surface area (Å²) >= 11 is 0. The van der Waals surface area contributed by atoms with Crippen LogP contribution in [0.5, 0.6) is 0 Å². The van der Waals surface area contributed by atoms with Gasteiger partial charge in [-0.15, -0.1) is 0 Å². The van der Waals surface area contributed by atoms with Crippen molar-refractivity contribution in [3.63, 3.8) is 0 Å². The first-order valence-corrected chi connectivity index (χ1v) is 20.8. The van der Waals surface area contributed by atoms with Crippen LogP contribution in [0.3, 0.4) is 0 Å². The van der Waals surface area contributed by atoms with Gasteiger partial charge >= 0.3 is 0 Å². The van der Waals surface area contributed by atoms with Crippen molar-refractivity contribution in [2.45, 2.75) is 0 Å². The van der Waals surface area contributed by atoms with Crippen LogP contribution >= 0.6 is 0 Å². The fraction of sp³-hybridized carbons (Fsp3) is 0. The molecular weight excluding hydrogens is 741 g/mol. The van der Waals surface area contributed by atoms with Gasteiger partial charge in [0.15, 0.2) is 5.58 Å². The van der Waals surface area contributed by atoms with Gasteiger partial charge in [-0.3, -0.25) is 0 Å². The summed E-state index contributed by atoms with van der Waals surface area (Å²) in [7, 11) is 0. The smallest absolute Gasteiger partial charge is 0.159 e. The van der Waals surface area contributed by atoms with E-state index in [1.807, 2.05) is 12.1 Å². The Labute approximate surface area is 353 Å². The Kier molecular flexibility index (Phi) is 8.17. The zero-order valence-electron chi connectivity index (χ0n) is 33.2. The summed E-state index contributed by atoms with van der Waals surface area (Å²) in [6, 6.07) is 82.8. The van der Waals surface area contributed by atoms with Crippen molar-refractivity contribution in [3.8, 4) is 39.1 Å². The number of hydrogen-bond donors (Lipinski definition) is 0. The molecule has 286 valence electrons. The molecular formula is C58H38N2O. The minimum atomic E-state index is 0.903. The lowest BCUT2D eigenvalue weighted by atomic mass is 9.97. The number of furan rings is 1. The van der Waals surface area contributed by atoms with Crippen molar-refractivity contribution < 1.29 is 4.42 Å². The van der Waals surface area contributed by atoms with Gasteiger partial charge in [-0.05, 0) is 99.4 Å². The molecule has 12 aromatic rings. The molecule has 0 radical (unpaired) electrons. The Bertz CT molecular complexity index is 3560. The maximum atomic E-state index is 6.50. The van der Waals surface area contributed by atoms with E-state index in [1.54, 1.807) is 0 Å². The van der Waals surface area contributed by atoms with E-state index < -0.39 is 0 Å². The van der Waals surface area contributed by atoms with Gasteiger partial charge in [0, 0.05) is 38.3 Å². The predicted molar refractivity (Wildman–Crippen MR) is 257 cm³/mol. The SMILES string of the molecule is c1ccc(N(c2ccc(-c3ccc(-c4ccc(-c5ccc6c(c5)c5ccccc5n6-c5cccc6c5oc5ccccc56)cc4)cc3)cc2)c2cccc3ccccc23)cc1. The number of rotatable bonds is 7. The summed E-state index contributed by atoms with van der Waals surface area (Å²) < 4.78 is 8.86. The molecule has 0 saturated heterocycles. The molecule has 0 aliphatic rings. The van der Waals surface area contributed by atoms with Crippen molar-refractivity contribution in [2.24, 2.45) is 0 Å². The number of anilines is 3. The van der Waals surface area contributed by atoms with Crippen LogP contribution in [0.25, 0.3) is 93.6 Å². The Morgan fingerprint density at radius 1 is 0.328 bits per heavy atom. The molecule has 0 bridgehead atoms. The van der Waals surface area contributed by atoms with E-state index in [2.05, 4.69) is 228 Å². The lowest BCUT2D eigenvalue weighted by Gasteiger charge is -2.27. The van der Waals surface area contributed by atoms with Crippen molar-refractivity contribution in [3.05, 3.63) is 231 Å². The molecule has 0 aliphatic heterocycles. The monoisotopic (exact) mass is 778 g/mol. The third-order valence-electron chi connectivity index (χ3n) is 12.2. The number of para-hydroxylation sites is 4. The normalized spacial score (nSPS) is 11.6. The van der Waals surface area contributed by atoms with Crippen molar-refractivity contribution in [2.75, 3.05) is 4.90 Å². The maximum absolute atomic E-state index is 6.50. The molecule has 12 rings (SSSR count). The minimum Gasteiger partial charge on any atom is -0.454 e. The molecule has 0 spiro atoms. The van der Waals surface area contributed by atoms with Gasteiger partial charge in [0.05, 0.1) is 22.4 Å². The van der Waals surface area contributed by atoms with Crippen LogP contribution in [0.2, 0.25) is 0 Å². The molecule has 2 aromatic heterocycles. The quantitative estimate of drug-likeness (QED) is 0.161. The largest absolute Gasteiger partial charge is 0.454 e. The molecule has 0 amide bonds. The summed E-state index contributed by atoms with van der Waals surface area (Å²) in [5.74, 6) is 0. The van der Waals surface area contributed by atoms with Gasteiger partial charge in [-0.1, -0.05) is 170 Å². The molecule has 2 heterocycles. The highest BCUT2D eigenvalue weighted by Crippen LogP contribution is 2.41. The predicted octanol–water partition coefficient (Wildman–Crippen LogP) is 16.3. The van der Waals surface area contributed by atoms with Crippen molar-refractivity contribution >= 4 is 71.6 Å². The van der Waals surface area contributed by atoms with Crippen molar-refractivity contribution in [1.29, 1.82) is 0 Å². The minimum absolute atomic E-state index is 0.903. The standard InChI is InChI=1S/C58H38N2O/c1-2-14-46(15-3-1)59(53-21-10-13-44-12-4-5-16-48(44)53)47-35-32-42(33-36-47)41-26-24-39(25-27-41)40-28-30-43(31-29-40)45-34-37-55-52(38-45)49-17-6-8-20-54(49)60(55)56-22-11-19-51-50-18-7-9-23-57(50)61-58(51)56/h1-38H. The third kappa shape index (κ3) is 5.90. The average molecular weight is 779 g/mol. The summed E-state index contributed by atoms with van der Waals surface area (Å²) in [6.07, 6.45) is 0. The van der Waals surface area contributed by atoms with Gasteiger partial charge in [0.25, 0.3) is 0 Å². The molecule has 0 fully saturated rings. The molecule has 0 saturated carbocycles. The van der Waals surface area contributed by atoms with Crippen LogP contribution in [0, 0.1) is 0 Å². The summed E-state index contributed by atoms with van der Waals surface area (Å²) in [5, 5.41) is 7.15. The topological polar surface area (TPSA) is 21.3 Å². The Morgan fingerprint density at radius 2 is 0.836 bits per heavy atom. The molecule has 0 unspecified atom stereocenters. The van der Waals surface area contributed by atoms with E-state index in [-0.39, 0.29) is 0 Å². The van der Waals surface area contributed by atoms with E-state index in [0.29, 0.717) is 0 Å². The average Bonchev–Trinajstić information content (AvgIpc) is 3.88. The second-order valence-corrected chi connectivity index (χ2v) is 15.7. The van der Waals surface area contributed by atoms with Gasteiger partial charge < -0.3 is 13.9 Å². The van der Waals surface area contributed by atoms with Crippen LogP contribution < -0.4 is 4.90 Å². The highest BCUT2D eigenvalue weighted by molar-refractivity contribution is 6.13. The van der Waals surface area contributed by atoms with Crippen LogP contribution in [0.1, 0.15) is 0 Å². The van der Waals surface area contributed by atoms with E-state index in [4.69, 9.17) is 4.42 Å². The highest BCUT2D eigenvalue weighted by atomic mass is 16.3. The van der Waals surface area contributed by atoms with E-state index in [0.717, 1.165) is 55.7 Å². The van der Waals surface area contributed by atoms with Crippen molar-refractivity contribution in [1.82, 2.24) is 4.57 Å². The third-order valence-corrected chi connectivity index (χ3v) is 12.2. The molecule has 3 heteroatoms. The zero-order valence-corrected chi connectivity index (χ0v) is 33.2. The fourth-order valence-corrected chi connectivity index (χ4v) is 9.24. The number of hydrogen-bond acceptors (Lipinski definition) is 2. The molecule has 0 N–H and O–H groups in total. The van der Waals surface area contributed by atoms with Gasteiger partial charge in [0.1, 0.15) is 5.58 Å². The number of aromatic nitrogens is 1. The van der Waals surface area contributed by atoms with E-state index in [1.165, 1.54) is 54.9 Å². The zero-order chi connectivity index (χ0) is 40.3. The number of nitrogens with zero attached hydrogens (tertiary/aromatic N) is 2.